The molecule has 1 atom stereocenters. The van der Waals surface area contributed by atoms with Gasteiger partial charge in [0.25, 0.3) is 0 Å². The maximum absolute atomic E-state index is 5.95. The van der Waals surface area contributed by atoms with Gasteiger partial charge in [0.15, 0.2) is 0 Å². The molecule has 2 rings (SSSR count). The van der Waals surface area contributed by atoms with E-state index in [-0.39, 0.29) is 6.10 Å². The van der Waals surface area contributed by atoms with Crippen LogP contribution in [0, 0.1) is 6.92 Å². The molecule has 2 aromatic rings. The van der Waals surface area contributed by atoms with Crippen molar-refractivity contribution in [1.82, 2.24) is 0 Å². The van der Waals surface area contributed by atoms with E-state index in [9.17, 15) is 0 Å². The molecule has 96 valence electrons. The summed E-state index contributed by atoms with van der Waals surface area (Å²) in [5.41, 5.74) is 7.12. The molecule has 0 saturated carbocycles. The Morgan fingerprint density at radius 3 is 2.39 bits per heavy atom. The van der Waals surface area contributed by atoms with Crippen molar-refractivity contribution in [2.45, 2.75) is 26.4 Å². The molecule has 1 unspecified atom stereocenters. The zero-order chi connectivity index (χ0) is 13.0. The average molecular weight is 261 g/mol. The van der Waals surface area contributed by atoms with Crippen LogP contribution in [0.3, 0.4) is 0 Å². The predicted octanol–water partition coefficient (Wildman–Crippen LogP) is 3.70. The standard InChI is InChI=1S/C15H19NOS/c1-3-12-5-7-13(8-6-12)17-14(10-16)15-9-4-11(2)18-15/h4-9,14H,3,10,16H2,1-2H3. The highest BCUT2D eigenvalue weighted by atomic mass is 32.1. The Bertz CT molecular complexity index is 489. The molecule has 0 amide bonds. The van der Waals surface area contributed by atoms with Crippen LogP contribution < -0.4 is 10.5 Å². The minimum Gasteiger partial charge on any atom is -0.484 e. The molecule has 0 aliphatic heterocycles. The summed E-state index contributed by atoms with van der Waals surface area (Å²) in [4.78, 5) is 2.47. The lowest BCUT2D eigenvalue weighted by atomic mass is 10.2. The van der Waals surface area contributed by atoms with E-state index in [1.807, 2.05) is 12.1 Å². The Morgan fingerprint density at radius 2 is 1.89 bits per heavy atom. The predicted molar refractivity (Wildman–Crippen MR) is 77.3 cm³/mol. The van der Waals surface area contributed by atoms with Gasteiger partial charge in [-0.15, -0.1) is 11.3 Å². The number of benzene rings is 1. The summed E-state index contributed by atoms with van der Waals surface area (Å²) < 4.78 is 5.95. The molecular weight excluding hydrogens is 242 g/mol. The second-order valence-corrected chi connectivity index (χ2v) is 5.61. The van der Waals surface area contributed by atoms with Gasteiger partial charge in [0.1, 0.15) is 11.9 Å². The van der Waals surface area contributed by atoms with Gasteiger partial charge in [0.05, 0.1) is 0 Å². The Labute approximate surface area is 112 Å². The van der Waals surface area contributed by atoms with Crippen molar-refractivity contribution >= 4 is 11.3 Å². The van der Waals surface area contributed by atoms with E-state index in [1.54, 1.807) is 11.3 Å². The van der Waals surface area contributed by atoms with Crippen LogP contribution in [0.25, 0.3) is 0 Å². The van der Waals surface area contributed by atoms with E-state index >= 15 is 0 Å². The zero-order valence-electron chi connectivity index (χ0n) is 10.8. The van der Waals surface area contributed by atoms with E-state index in [1.165, 1.54) is 15.3 Å². The molecule has 1 aromatic carbocycles. The van der Waals surface area contributed by atoms with Crippen molar-refractivity contribution in [2.75, 3.05) is 6.54 Å². The molecule has 0 radical (unpaired) electrons. The highest BCUT2D eigenvalue weighted by Crippen LogP contribution is 2.27. The summed E-state index contributed by atoms with van der Waals surface area (Å²) in [5.74, 6) is 0.883. The molecule has 1 heterocycles. The maximum Gasteiger partial charge on any atom is 0.145 e. The van der Waals surface area contributed by atoms with Crippen LogP contribution in [0.5, 0.6) is 5.75 Å². The van der Waals surface area contributed by atoms with E-state index < -0.39 is 0 Å². The number of hydrogen-bond acceptors (Lipinski definition) is 3. The minimum absolute atomic E-state index is 0.0452. The van der Waals surface area contributed by atoms with Crippen molar-refractivity contribution in [3.8, 4) is 5.75 Å². The molecule has 2 N–H and O–H groups in total. The van der Waals surface area contributed by atoms with Gasteiger partial charge in [-0.2, -0.15) is 0 Å². The lowest BCUT2D eigenvalue weighted by Gasteiger charge is -2.16. The molecule has 1 aromatic heterocycles. The summed E-state index contributed by atoms with van der Waals surface area (Å²) >= 11 is 1.74. The number of ether oxygens (including phenoxy) is 1. The van der Waals surface area contributed by atoms with E-state index in [2.05, 4.69) is 38.1 Å². The monoisotopic (exact) mass is 261 g/mol. The molecule has 0 spiro atoms. The lowest BCUT2D eigenvalue weighted by molar-refractivity contribution is 0.218. The van der Waals surface area contributed by atoms with Crippen molar-refractivity contribution < 1.29 is 4.74 Å². The zero-order valence-corrected chi connectivity index (χ0v) is 11.7. The first kappa shape index (κ1) is 13.1. The topological polar surface area (TPSA) is 35.2 Å². The van der Waals surface area contributed by atoms with Crippen LogP contribution in [-0.4, -0.2) is 6.54 Å². The average Bonchev–Trinajstić information content (AvgIpc) is 2.83. The van der Waals surface area contributed by atoms with Gasteiger partial charge in [-0.25, -0.2) is 0 Å². The second-order valence-electron chi connectivity index (χ2n) is 4.29. The number of nitrogens with two attached hydrogens (primary N) is 1. The minimum atomic E-state index is -0.0452. The Morgan fingerprint density at radius 1 is 1.17 bits per heavy atom. The van der Waals surface area contributed by atoms with Crippen molar-refractivity contribution in [3.05, 3.63) is 51.7 Å². The van der Waals surface area contributed by atoms with Gasteiger partial charge < -0.3 is 10.5 Å². The molecule has 0 aliphatic carbocycles. The summed E-state index contributed by atoms with van der Waals surface area (Å²) in [7, 11) is 0. The third-order valence-electron chi connectivity index (χ3n) is 2.90. The quantitative estimate of drug-likeness (QED) is 0.890. The number of aryl methyl sites for hydroxylation is 2. The first-order chi connectivity index (χ1) is 8.72. The van der Waals surface area contributed by atoms with Gasteiger partial charge >= 0.3 is 0 Å². The van der Waals surface area contributed by atoms with Crippen LogP contribution in [-0.2, 0) is 6.42 Å². The number of thiophene rings is 1. The third-order valence-corrected chi connectivity index (χ3v) is 4.00. The van der Waals surface area contributed by atoms with Crippen LogP contribution in [0.1, 0.15) is 28.3 Å². The molecule has 0 bridgehead atoms. The SMILES string of the molecule is CCc1ccc(OC(CN)c2ccc(C)s2)cc1. The van der Waals surface area contributed by atoms with Gasteiger partial charge in [0.2, 0.25) is 0 Å². The van der Waals surface area contributed by atoms with Crippen LogP contribution in [0.2, 0.25) is 0 Å². The smallest absolute Gasteiger partial charge is 0.145 e. The molecule has 0 saturated heterocycles. The highest BCUT2D eigenvalue weighted by molar-refractivity contribution is 7.12. The second kappa shape index (κ2) is 6.03. The van der Waals surface area contributed by atoms with Crippen LogP contribution >= 0.6 is 11.3 Å². The molecular formula is C15H19NOS. The molecule has 18 heavy (non-hydrogen) atoms. The fourth-order valence-corrected chi connectivity index (χ4v) is 2.74. The third kappa shape index (κ3) is 3.12. The first-order valence-corrected chi connectivity index (χ1v) is 7.06. The number of rotatable bonds is 5. The summed E-state index contributed by atoms with van der Waals surface area (Å²) in [6, 6.07) is 12.4. The summed E-state index contributed by atoms with van der Waals surface area (Å²) in [6.07, 6.45) is 1.00. The maximum atomic E-state index is 5.95. The fraction of sp³-hybridized carbons (Fsp3) is 0.333. The van der Waals surface area contributed by atoms with Crippen molar-refractivity contribution in [3.63, 3.8) is 0 Å². The van der Waals surface area contributed by atoms with Crippen molar-refractivity contribution in [2.24, 2.45) is 5.73 Å². The van der Waals surface area contributed by atoms with Gasteiger partial charge in [0, 0.05) is 16.3 Å². The van der Waals surface area contributed by atoms with Crippen LogP contribution in [0.15, 0.2) is 36.4 Å². The normalized spacial score (nSPS) is 12.4. The first-order valence-electron chi connectivity index (χ1n) is 6.25. The summed E-state index contributed by atoms with van der Waals surface area (Å²) in [5, 5.41) is 0. The lowest BCUT2D eigenvalue weighted by Crippen LogP contribution is -2.17. The van der Waals surface area contributed by atoms with Gasteiger partial charge in [-0.3, -0.25) is 0 Å². The molecule has 2 nitrogen and oxygen atoms in total. The molecule has 3 heteroatoms. The molecule has 0 aliphatic rings. The van der Waals surface area contributed by atoms with Crippen LogP contribution in [0.4, 0.5) is 0 Å². The van der Waals surface area contributed by atoms with E-state index in [0.717, 1.165) is 12.2 Å². The Kier molecular flexibility index (Phi) is 4.39. The van der Waals surface area contributed by atoms with Crippen molar-refractivity contribution in [1.29, 1.82) is 0 Å². The highest BCUT2D eigenvalue weighted by Gasteiger charge is 2.13. The Hall–Kier alpha value is -1.32. The summed E-state index contributed by atoms with van der Waals surface area (Å²) in [6.45, 7) is 4.74. The van der Waals surface area contributed by atoms with E-state index in [4.69, 9.17) is 10.5 Å². The van der Waals surface area contributed by atoms with Gasteiger partial charge in [-0.05, 0) is 43.2 Å². The fourth-order valence-electron chi connectivity index (χ4n) is 1.82. The van der Waals surface area contributed by atoms with E-state index in [0.29, 0.717) is 6.54 Å². The van der Waals surface area contributed by atoms with Gasteiger partial charge in [-0.1, -0.05) is 19.1 Å². The Balaban J connectivity index is 2.10. The largest absolute Gasteiger partial charge is 0.484 e. The number of hydrogen-bond donors (Lipinski definition) is 1. The molecule has 0 fully saturated rings.